The Morgan fingerprint density at radius 2 is 1.81 bits per heavy atom. The second-order valence-electron chi connectivity index (χ2n) is 5.69. The van der Waals surface area contributed by atoms with E-state index in [0.717, 1.165) is 22.8 Å². The third-order valence-electron chi connectivity index (χ3n) is 3.79. The van der Waals surface area contributed by atoms with Gasteiger partial charge in [0.1, 0.15) is 27.6 Å². The van der Waals surface area contributed by atoms with Gasteiger partial charge in [-0.1, -0.05) is 34.8 Å². The van der Waals surface area contributed by atoms with E-state index in [0.29, 0.717) is 17.7 Å². The molecule has 0 atom stereocenters. The number of nitrogens with zero attached hydrogens (tertiary/aromatic N) is 1. The highest BCUT2D eigenvalue weighted by Crippen LogP contribution is 2.38. The van der Waals surface area contributed by atoms with Crippen LogP contribution in [0.25, 0.3) is 0 Å². The summed E-state index contributed by atoms with van der Waals surface area (Å²) in [5, 5.41) is -0.234. The predicted octanol–water partition coefficient (Wildman–Crippen LogP) is 7.17. The molecule has 2 aromatic rings. The van der Waals surface area contributed by atoms with Crippen LogP contribution in [0.1, 0.15) is 22.3 Å². The summed E-state index contributed by atoms with van der Waals surface area (Å²) in [4.78, 5) is 3.69. The smallest absolute Gasteiger partial charge is 0.417 e. The van der Waals surface area contributed by atoms with E-state index in [9.17, 15) is 13.2 Å². The summed E-state index contributed by atoms with van der Waals surface area (Å²) in [6, 6.07) is 2.47. The van der Waals surface area contributed by atoms with Crippen LogP contribution in [0.5, 0.6) is 17.4 Å². The first kappa shape index (κ1) is 21.7. The molecule has 0 aliphatic carbocycles. The van der Waals surface area contributed by atoms with E-state index >= 15 is 0 Å². The number of pyridine rings is 1. The van der Waals surface area contributed by atoms with Gasteiger partial charge in [-0.15, -0.1) is 0 Å². The lowest BCUT2D eigenvalue weighted by Gasteiger charge is -2.17. The summed E-state index contributed by atoms with van der Waals surface area (Å²) in [7, 11) is 0. The maximum Gasteiger partial charge on any atom is 0.417 e. The number of hydrogen-bond acceptors (Lipinski definition) is 3. The van der Waals surface area contributed by atoms with Crippen molar-refractivity contribution in [3.63, 3.8) is 0 Å². The number of rotatable bonds is 5. The zero-order chi connectivity index (χ0) is 20.4. The van der Waals surface area contributed by atoms with Crippen LogP contribution in [0.4, 0.5) is 13.2 Å². The van der Waals surface area contributed by atoms with Gasteiger partial charge in [0.15, 0.2) is 0 Å². The van der Waals surface area contributed by atoms with Crippen molar-refractivity contribution in [3.8, 4) is 17.4 Å². The van der Waals surface area contributed by atoms with Gasteiger partial charge in [-0.2, -0.15) is 13.2 Å². The van der Waals surface area contributed by atoms with Crippen LogP contribution >= 0.6 is 34.8 Å². The predicted molar refractivity (Wildman–Crippen MR) is 100 cm³/mol. The summed E-state index contributed by atoms with van der Waals surface area (Å²) in [6.07, 6.45) is -2.35. The van der Waals surface area contributed by atoms with E-state index in [-0.39, 0.29) is 22.0 Å². The third-order valence-corrected chi connectivity index (χ3v) is 4.36. The van der Waals surface area contributed by atoms with Crippen LogP contribution in [-0.4, -0.2) is 11.6 Å². The monoisotopic (exact) mass is 439 g/mol. The molecule has 0 fully saturated rings. The van der Waals surface area contributed by atoms with E-state index in [1.54, 1.807) is 13.0 Å². The van der Waals surface area contributed by atoms with Gasteiger partial charge in [0.25, 0.3) is 0 Å². The van der Waals surface area contributed by atoms with Gasteiger partial charge in [0.05, 0.1) is 5.56 Å². The maximum absolute atomic E-state index is 12.7. The SMILES string of the molecule is Cc1cc(Oc2ncc(C(F)(F)F)cc2Cl)c(C)c(C)c1OCC=C(Cl)Cl. The second kappa shape index (κ2) is 8.59. The summed E-state index contributed by atoms with van der Waals surface area (Å²) in [6.45, 7) is 5.62. The van der Waals surface area contributed by atoms with Gasteiger partial charge in [-0.05, 0) is 55.7 Å². The normalized spacial score (nSPS) is 11.3. The van der Waals surface area contributed by atoms with E-state index in [4.69, 9.17) is 44.3 Å². The van der Waals surface area contributed by atoms with Gasteiger partial charge in [-0.3, -0.25) is 0 Å². The number of benzene rings is 1. The molecule has 0 aliphatic rings. The molecular weight excluding hydrogens is 426 g/mol. The molecule has 0 saturated heterocycles. The molecule has 0 bridgehead atoms. The number of ether oxygens (including phenoxy) is 2. The highest BCUT2D eigenvalue weighted by molar-refractivity contribution is 6.55. The zero-order valence-corrected chi connectivity index (χ0v) is 16.8. The Bertz CT molecular complexity index is 879. The van der Waals surface area contributed by atoms with Crippen molar-refractivity contribution < 1.29 is 22.6 Å². The summed E-state index contributed by atoms with van der Waals surface area (Å²) < 4.78 is 49.6. The Morgan fingerprint density at radius 3 is 2.37 bits per heavy atom. The molecule has 0 saturated carbocycles. The highest BCUT2D eigenvalue weighted by atomic mass is 35.5. The summed E-state index contributed by atoms with van der Waals surface area (Å²) in [5.41, 5.74) is 1.34. The van der Waals surface area contributed by atoms with Gasteiger partial charge >= 0.3 is 6.18 Å². The fourth-order valence-electron chi connectivity index (χ4n) is 2.30. The molecule has 0 spiro atoms. The van der Waals surface area contributed by atoms with Crippen molar-refractivity contribution >= 4 is 34.8 Å². The Labute approximate surface area is 169 Å². The zero-order valence-electron chi connectivity index (χ0n) is 14.5. The van der Waals surface area contributed by atoms with Crippen molar-refractivity contribution in [2.24, 2.45) is 0 Å². The lowest BCUT2D eigenvalue weighted by molar-refractivity contribution is -0.137. The molecular formula is C18H15Cl3F3NO2. The van der Waals surface area contributed by atoms with E-state index < -0.39 is 11.7 Å². The Hall–Kier alpha value is -1.63. The number of aryl methyl sites for hydroxylation is 1. The summed E-state index contributed by atoms with van der Waals surface area (Å²) in [5.74, 6) is 0.937. The van der Waals surface area contributed by atoms with Crippen molar-refractivity contribution in [1.82, 2.24) is 4.98 Å². The van der Waals surface area contributed by atoms with Crippen LogP contribution in [0.2, 0.25) is 5.02 Å². The van der Waals surface area contributed by atoms with Crippen LogP contribution in [0.3, 0.4) is 0 Å². The molecule has 3 nitrogen and oxygen atoms in total. The largest absolute Gasteiger partial charge is 0.489 e. The molecule has 2 rings (SSSR count). The van der Waals surface area contributed by atoms with E-state index in [2.05, 4.69) is 4.98 Å². The molecule has 1 heterocycles. The third kappa shape index (κ3) is 5.43. The lowest BCUT2D eigenvalue weighted by atomic mass is 10.0. The van der Waals surface area contributed by atoms with Crippen LogP contribution in [-0.2, 0) is 6.18 Å². The Morgan fingerprint density at radius 1 is 1.15 bits per heavy atom. The average molecular weight is 441 g/mol. The minimum atomic E-state index is -4.53. The van der Waals surface area contributed by atoms with Gasteiger partial charge in [0.2, 0.25) is 5.88 Å². The van der Waals surface area contributed by atoms with Crippen LogP contribution in [0.15, 0.2) is 28.9 Å². The van der Waals surface area contributed by atoms with Gasteiger partial charge in [0, 0.05) is 6.20 Å². The van der Waals surface area contributed by atoms with Gasteiger partial charge < -0.3 is 9.47 Å². The van der Waals surface area contributed by atoms with E-state index in [1.165, 1.54) is 6.08 Å². The number of aromatic nitrogens is 1. The van der Waals surface area contributed by atoms with Crippen molar-refractivity contribution in [1.29, 1.82) is 0 Å². The molecule has 146 valence electrons. The molecule has 9 heteroatoms. The Balaban J connectivity index is 2.31. The molecule has 27 heavy (non-hydrogen) atoms. The number of alkyl halides is 3. The minimum Gasteiger partial charge on any atom is -0.489 e. The first-order valence-corrected chi connectivity index (χ1v) is 8.79. The lowest BCUT2D eigenvalue weighted by Crippen LogP contribution is -2.06. The maximum atomic E-state index is 12.7. The first-order chi connectivity index (χ1) is 12.5. The minimum absolute atomic E-state index is 0.102. The average Bonchev–Trinajstić information content (AvgIpc) is 2.56. The second-order valence-corrected chi connectivity index (χ2v) is 7.10. The Kier molecular flexibility index (Phi) is 6.89. The van der Waals surface area contributed by atoms with E-state index in [1.807, 2.05) is 13.8 Å². The van der Waals surface area contributed by atoms with Crippen molar-refractivity contribution in [3.05, 3.63) is 56.2 Å². The molecule has 1 aromatic heterocycles. The first-order valence-electron chi connectivity index (χ1n) is 7.66. The molecule has 0 N–H and O–H groups in total. The molecule has 0 amide bonds. The fourth-order valence-corrected chi connectivity index (χ4v) is 2.63. The number of hydrogen-bond donors (Lipinski definition) is 0. The van der Waals surface area contributed by atoms with Crippen LogP contribution < -0.4 is 9.47 Å². The molecule has 0 aliphatic heterocycles. The molecule has 0 unspecified atom stereocenters. The summed E-state index contributed by atoms with van der Waals surface area (Å²) >= 11 is 17.0. The molecule has 0 radical (unpaired) electrons. The highest BCUT2D eigenvalue weighted by Gasteiger charge is 2.32. The molecule has 1 aromatic carbocycles. The van der Waals surface area contributed by atoms with Crippen molar-refractivity contribution in [2.45, 2.75) is 26.9 Å². The van der Waals surface area contributed by atoms with Crippen molar-refractivity contribution in [2.75, 3.05) is 6.61 Å². The van der Waals surface area contributed by atoms with Gasteiger partial charge in [-0.25, -0.2) is 4.98 Å². The topological polar surface area (TPSA) is 31.4 Å². The number of halogens is 6. The quantitative estimate of drug-likeness (QED) is 0.494. The van der Waals surface area contributed by atoms with Crippen LogP contribution in [0, 0.1) is 20.8 Å². The standard InChI is InChI=1S/C18H15Cl3F3NO2/c1-9-6-14(10(2)11(3)16(9)26-5-4-15(20)21)27-17-13(19)7-12(8-25-17)18(22,23)24/h4,6-8H,5H2,1-3H3. The fraction of sp³-hybridized carbons (Fsp3) is 0.278.